The standard InChI is InChI=1S/C10H12O5/c11-9(6-3-4-14-5-6)7-1-2-8(15-7)10(12)13/h1-2,6,9,11H,3-5H2,(H,12,13). The maximum atomic E-state index is 10.6. The van der Waals surface area contributed by atoms with Crippen molar-refractivity contribution in [2.45, 2.75) is 12.5 Å². The molecule has 0 amide bonds. The summed E-state index contributed by atoms with van der Waals surface area (Å²) in [5.41, 5.74) is 0. The lowest BCUT2D eigenvalue weighted by molar-refractivity contribution is 0.0605. The Labute approximate surface area is 86.3 Å². The molecular formula is C10H12O5. The van der Waals surface area contributed by atoms with Gasteiger partial charge in [0, 0.05) is 12.5 Å². The largest absolute Gasteiger partial charge is 0.475 e. The molecule has 2 rings (SSSR count). The normalized spacial score (nSPS) is 22.9. The molecule has 82 valence electrons. The molecule has 2 N–H and O–H groups in total. The minimum atomic E-state index is -1.13. The van der Waals surface area contributed by atoms with E-state index in [1.54, 1.807) is 0 Å². The van der Waals surface area contributed by atoms with Gasteiger partial charge < -0.3 is 19.4 Å². The highest BCUT2D eigenvalue weighted by Gasteiger charge is 2.28. The first-order chi connectivity index (χ1) is 7.18. The van der Waals surface area contributed by atoms with Crippen LogP contribution in [-0.4, -0.2) is 29.4 Å². The summed E-state index contributed by atoms with van der Waals surface area (Å²) < 4.78 is 10.2. The van der Waals surface area contributed by atoms with Crippen LogP contribution >= 0.6 is 0 Å². The Bertz CT molecular complexity index is 350. The second-order valence-corrected chi connectivity index (χ2v) is 3.58. The van der Waals surface area contributed by atoms with Gasteiger partial charge >= 0.3 is 5.97 Å². The molecule has 2 unspecified atom stereocenters. The maximum Gasteiger partial charge on any atom is 0.371 e. The number of aliphatic hydroxyl groups is 1. The SMILES string of the molecule is O=C(O)c1ccc(C(O)C2CCOC2)o1. The lowest BCUT2D eigenvalue weighted by Crippen LogP contribution is -2.11. The van der Waals surface area contributed by atoms with Crippen LogP contribution in [0, 0.1) is 5.92 Å². The first-order valence-electron chi connectivity index (χ1n) is 4.77. The molecule has 0 spiro atoms. The Morgan fingerprint density at radius 1 is 1.53 bits per heavy atom. The number of furan rings is 1. The number of hydrogen-bond acceptors (Lipinski definition) is 4. The van der Waals surface area contributed by atoms with E-state index < -0.39 is 12.1 Å². The highest BCUT2D eigenvalue weighted by molar-refractivity contribution is 5.84. The van der Waals surface area contributed by atoms with Gasteiger partial charge in [-0.05, 0) is 18.6 Å². The lowest BCUT2D eigenvalue weighted by atomic mass is 10.0. The van der Waals surface area contributed by atoms with Crippen LogP contribution in [0.15, 0.2) is 16.5 Å². The molecule has 1 aromatic heterocycles. The third-order valence-electron chi connectivity index (χ3n) is 2.54. The van der Waals surface area contributed by atoms with E-state index in [4.69, 9.17) is 14.3 Å². The Balaban J connectivity index is 2.10. The molecule has 0 saturated carbocycles. The van der Waals surface area contributed by atoms with E-state index >= 15 is 0 Å². The van der Waals surface area contributed by atoms with E-state index in [1.807, 2.05) is 0 Å². The molecule has 1 fully saturated rings. The van der Waals surface area contributed by atoms with E-state index in [9.17, 15) is 9.90 Å². The number of aromatic carboxylic acids is 1. The van der Waals surface area contributed by atoms with Crippen molar-refractivity contribution in [2.75, 3.05) is 13.2 Å². The summed E-state index contributed by atoms with van der Waals surface area (Å²) >= 11 is 0. The second-order valence-electron chi connectivity index (χ2n) is 3.58. The minimum Gasteiger partial charge on any atom is -0.475 e. The average molecular weight is 212 g/mol. The van der Waals surface area contributed by atoms with Gasteiger partial charge in [0.15, 0.2) is 0 Å². The van der Waals surface area contributed by atoms with E-state index in [-0.39, 0.29) is 11.7 Å². The van der Waals surface area contributed by atoms with Crippen molar-refractivity contribution >= 4 is 5.97 Å². The Morgan fingerprint density at radius 3 is 2.87 bits per heavy atom. The second kappa shape index (κ2) is 4.04. The van der Waals surface area contributed by atoms with E-state index in [0.29, 0.717) is 19.0 Å². The van der Waals surface area contributed by atoms with Crippen molar-refractivity contribution in [1.82, 2.24) is 0 Å². The summed E-state index contributed by atoms with van der Waals surface area (Å²) in [6.45, 7) is 1.12. The third kappa shape index (κ3) is 2.03. The number of ether oxygens (including phenoxy) is 1. The van der Waals surface area contributed by atoms with E-state index in [0.717, 1.165) is 6.42 Å². The van der Waals surface area contributed by atoms with E-state index in [2.05, 4.69) is 0 Å². The van der Waals surface area contributed by atoms with Crippen LogP contribution in [0.2, 0.25) is 0 Å². The highest BCUT2D eigenvalue weighted by Crippen LogP contribution is 2.29. The number of aliphatic hydroxyl groups excluding tert-OH is 1. The van der Waals surface area contributed by atoms with Gasteiger partial charge in [-0.25, -0.2) is 4.79 Å². The quantitative estimate of drug-likeness (QED) is 0.782. The molecule has 1 aliphatic rings. The molecule has 2 heterocycles. The predicted molar refractivity (Wildman–Crippen MR) is 49.6 cm³/mol. The summed E-state index contributed by atoms with van der Waals surface area (Å²) in [4.78, 5) is 10.6. The number of carboxylic acids is 1. The fraction of sp³-hybridized carbons (Fsp3) is 0.500. The first-order valence-corrected chi connectivity index (χ1v) is 4.77. The fourth-order valence-electron chi connectivity index (χ4n) is 1.66. The summed E-state index contributed by atoms with van der Waals surface area (Å²) in [6.07, 6.45) is -0.00910. The van der Waals surface area contributed by atoms with Gasteiger partial charge in [-0.3, -0.25) is 0 Å². The molecule has 0 bridgehead atoms. The number of rotatable bonds is 3. The molecule has 1 aromatic rings. The van der Waals surface area contributed by atoms with Crippen LogP contribution in [0.4, 0.5) is 0 Å². The predicted octanol–water partition coefficient (Wildman–Crippen LogP) is 1.05. The smallest absolute Gasteiger partial charge is 0.371 e. The molecule has 1 aliphatic heterocycles. The van der Waals surface area contributed by atoms with Gasteiger partial charge in [-0.1, -0.05) is 0 Å². The molecule has 5 heteroatoms. The topological polar surface area (TPSA) is 79.9 Å². The maximum absolute atomic E-state index is 10.6. The van der Waals surface area contributed by atoms with Crippen molar-refractivity contribution in [3.63, 3.8) is 0 Å². The summed E-state index contributed by atoms with van der Waals surface area (Å²) in [5.74, 6) is -0.986. The van der Waals surface area contributed by atoms with Crippen molar-refractivity contribution in [3.8, 4) is 0 Å². The Morgan fingerprint density at radius 2 is 2.33 bits per heavy atom. The number of carbonyl (C=O) groups is 1. The average Bonchev–Trinajstić information content (AvgIpc) is 2.88. The van der Waals surface area contributed by atoms with Crippen LogP contribution in [0.25, 0.3) is 0 Å². The van der Waals surface area contributed by atoms with Crippen LogP contribution in [0.5, 0.6) is 0 Å². The molecule has 5 nitrogen and oxygen atoms in total. The van der Waals surface area contributed by atoms with Gasteiger partial charge in [0.1, 0.15) is 11.9 Å². The Hall–Kier alpha value is -1.33. The lowest BCUT2D eigenvalue weighted by Gasteiger charge is -2.13. The summed E-state index contributed by atoms with van der Waals surface area (Å²) in [5, 5.41) is 18.5. The molecule has 15 heavy (non-hydrogen) atoms. The van der Waals surface area contributed by atoms with Crippen LogP contribution in [0.1, 0.15) is 28.8 Å². The van der Waals surface area contributed by atoms with Crippen LogP contribution < -0.4 is 0 Å². The van der Waals surface area contributed by atoms with Crippen molar-refractivity contribution in [2.24, 2.45) is 5.92 Å². The zero-order valence-electron chi connectivity index (χ0n) is 8.05. The van der Waals surface area contributed by atoms with Crippen LogP contribution in [0.3, 0.4) is 0 Å². The van der Waals surface area contributed by atoms with Crippen molar-refractivity contribution < 1.29 is 24.2 Å². The van der Waals surface area contributed by atoms with Gasteiger partial charge in [-0.15, -0.1) is 0 Å². The van der Waals surface area contributed by atoms with Gasteiger partial charge in [0.2, 0.25) is 5.76 Å². The molecular weight excluding hydrogens is 200 g/mol. The number of carboxylic acid groups (broad SMARTS) is 1. The molecule has 0 aromatic carbocycles. The van der Waals surface area contributed by atoms with Gasteiger partial charge in [0.25, 0.3) is 0 Å². The molecule has 0 radical (unpaired) electrons. The molecule has 1 saturated heterocycles. The molecule has 2 atom stereocenters. The summed E-state index contributed by atoms with van der Waals surface area (Å²) in [6, 6.07) is 2.84. The van der Waals surface area contributed by atoms with Crippen molar-refractivity contribution in [1.29, 1.82) is 0 Å². The fourth-order valence-corrected chi connectivity index (χ4v) is 1.66. The highest BCUT2D eigenvalue weighted by atomic mass is 16.5. The summed E-state index contributed by atoms with van der Waals surface area (Å²) in [7, 11) is 0. The zero-order valence-corrected chi connectivity index (χ0v) is 8.05. The first kappa shape index (κ1) is 10.2. The third-order valence-corrected chi connectivity index (χ3v) is 2.54. The zero-order chi connectivity index (χ0) is 10.8. The molecule has 0 aliphatic carbocycles. The van der Waals surface area contributed by atoms with Gasteiger partial charge in [-0.2, -0.15) is 0 Å². The van der Waals surface area contributed by atoms with E-state index in [1.165, 1.54) is 12.1 Å². The Kier molecular flexibility index (Phi) is 2.75. The van der Waals surface area contributed by atoms with Crippen molar-refractivity contribution in [3.05, 3.63) is 23.7 Å². The van der Waals surface area contributed by atoms with Crippen LogP contribution in [-0.2, 0) is 4.74 Å². The van der Waals surface area contributed by atoms with Gasteiger partial charge in [0.05, 0.1) is 6.61 Å². The monoisotopic (exact) mass is 212 g/mol. The number of hydrogen-bond donors (Lipinski definition) is 2. The minimum absolute atomic E-state index is 0.00204.